The van der Waals surface area contributed by atoms with Gasteiger partial charge in [-0.3, -0.25) is 0 Å². The summed E-state index contributed by atoms with van der Waals surface area (Å²) in [5, 5.41) is 12.4. The van der Waals surface area contributed by atoms with Gasteiger partial charge >= 0.3 is 0 Å². The van der Waals surface area contributed by atoms with E-state index in [9.17, 15) is 0 Å². The molecular formula is C13H20N2O. The molecule has 0 aromatic heterocycles. The standard InChI is InChI=1S/C13H20N2O/c1-2-15(9-10-16)13-7-5-12(6-8-13)14-11-3-4-11/h5-8,11,14,16H,2-4,9-10H2,1H3. The topological polar surface area (TPSA) is 35.5 Å². The van der Waals surface area contributed by atoms with Crippen LogP contribution in [-0.2, 0) is 0 Å². The van der Waals surface area contributed by atoms with Crippen molar-refractivity contribution in [1.29, 1.82) is 0 Å². The first-order valence-corrected chi connectivity index (χ1v) is 6.06. The van der Waals surface area contributed by atoms with Crippen molar-refractivity contribution >= 4 is 11.4 Å². The Kier molecular flexibility index (Phi) is 3.67. The molecule has 2 rings (SSSR count). The molecule has 1 aliphatic rings. The molecule has 1 saturated carbocycles. The highest BCUT2D eigenvalue weighted by Gasteiger charge is 2.20. The zero-order chi connectivity index (χ0) is 11.4. The van der Waals surface area contributed by atoms with Gasteiger partial charge in [-0.05, 0) is 44.0 Å². The van der Waals surface area contributed by atoms with Gasteiger partial charge in [-0.25, -0.2) is 0 Å². The van der Waals surface area contributed by atoms with Crippen LogP contribution in [0, 0.1) is 0 Å². The number of rotatable bonds is 6. The maximum atomic E-state index is 8.96. The molecular weight excluding hydrogens is 200 g/mol. The summed E-state index contributed by atoms with van der Waals surface area (Å²) >= 11 is 0. The lowest BCUT2D eigenvalue weighted by atomic mass is 10.2. The third-order valence-electron chi connectivity index (χ3n) is 2.93. The van der Waals surface area contributed by atoms with E-state index in [-0.39, 0.29) is 6.61 Å². The summed E-state index contributed by atoms with van der Waals surface area (Å²) in [6.07, 6.45) is 2.60. The van der Waals surface area contributed by atoms with Crippen molar-refractivity contribution < 1.29 is 5.11 Å². The van der Waals surface area contributed by atoms with E-state index in [0.29, 0.717) is 12.6 Å². The molecule has 88 valence electrons. The van der Waals surface area contributed by atoms with Crippen LogP contribution in [-0.4, -0.2) is 30.8 Å². The number of aliphatic hydroxyl groups excluding tert-OH is 1. The minimum absolute atomic E-state index is 0.204. The maximum Gasteiger partial charge on any atom is 0.0606 e. The van der Waals surface area contributed by atoms with Crippen molar-refractivity contribution in [2.24, 2.45) is 0 Å². The molecule has 0 saturated heterocycles. The summed E-state index contributed by atoms with van der Waals surface area (Å²) in [6.45, 7) is 3.93. The SMILES string of the molecule is CCN(CCO)c1ccc(NC2CC2)cc1. The van der Waals surface area contributed by atoms with Crippen LogP contribution < -0.4 is 10.2 Å². The second kappa shape index (κ2) is 5.21. The molecule has 16 heavy (non-hydrogen) atoms. The summed E-state index contributed by atoms with van der Waals surface area (Å²) < 4.78 is 0. The van der Waals surface area contributed by atoms with Gasteiger partial charge in [0.2, 0.25) is 0 Å². The van der Waals surface area contributed by atoms with Crippen LogP contribution in [0.5, 0.6) is 0 Å². The Morgan fingerprint density at radius 3 is 2.50 bits per heavy atom. The number of hydrogen-bond donors (Lipinski definition) is 2. The molecule has 2 N–H and O–H groups in total. The van der Waals surface area contributed by atoms with Crippen LogP contribution in [0.2, 0.25) is 0 Å². The maximum absolute atomic E-state index is 8.96. The Labute approximate surface area is 97.1 Å². The molecule has 0 amide bonds. The summed E-state index contributed by atoms with van der Waals surface area (Å²) in [6, 6.07) is 9.17. The molecule has 0 radical (unpaired) electrons. The van der Waals surface area contributed by atoms with E-state index < -0.39 is 0 Å². The van der Waals surface area contributed by atoms with Gasteiger partial charge in [-0.2, -0.15) is 0 Å². The van der Waals surface area contributed by atoms with Crippen molar-refractivity contribution in [3.05, 3.63) is 24.3 Å². The van der Waals surface area contributed by atoms with Gasteiger partial charge in [-0.1, -0.05) is 0 Å². The first-order valence-electron chi connectivity index (χ1n) is 6.06. The van der Waals surface area contributed by atoms with Gasteiger partial charge in [0.05, 0.1) is 6.61 Å². The lowest BCUT2D eigenvalue weighted by molar-refractivity contribution is 0.302. The van der Waals surface area contributed by atoms with Crippen LogP contribution in [0.1, 0.15) is 19.8 Å². The Morgan fingerprint density at radius 1 is 1.31 bits per heavy atom. The molecule has 1 aliphatic carbocycles. The molecule has 3 nitrogen and oxygen atoms in total. The fourth-order valence-electron chi connectivity index (χ4n) is 1.82. The Morgan fingerprint density at radius 2 is 2.00 bits per heavy atom. The van der Waals surface area contributed by atoms with E-state index in [4.69, 9.17) is 5.11 Å². The number of likely N-dealkylation sites (N-methyl/N-ethyl adjacent to an activating group) is 1. The Balaban J connectivity index is 1.98. The third-order valence-corrected chi connectivity index (χ3v) is 2.93. The monoisotopic (exact) mass is 220 g/mol. The molecule has 0 heterocycles. The predicted molar refractivity (Wildman–Crippen MR) is 68.1 cm³/mol. The molecule has 0 spiro atoms. The summed E-state index contributed by atoms with van der Waals surface area (Å²) in [4.78, 5) is 2.17. The van der Waals surface area contributed by atoms with Crippen molar-refractivity contribution in [1.82, 2.24) is 0 Å². The van der Waals surface area contributed by atoms with Gasteiger partial charge in [0.25, 0.3) is 0 Å². The highest BCUT2D eigenvalue weighted by Crippen LogP contribution is 2.25. The lowest BCUT2D eigenvalue weighted by Gasteiger charge is -2.22. The number of nitrogens with zero attached hydrogens (tertiary/aromatic N) is 1. The molecule has 1 aromatic rings. The van der Waals surface area contributed by atoms with Crippen molar-refractivity contribution in [2.75, 3.05) is 29.9 Å². The first-order chi connectivity index (χ1) is 7.83. The van der Waals surface area contributed by atoms with Gasteiger partial charge < -0.3 is 15.3 Å². The minimum Gasteiger partial charge on any atom is -0.395 e. The van der Waals surface area contributed by atoms with E-state index in [1.807, 2.05) is 0 Å². The van der Waals surface area contributed by atoms with Crippen LogP contribution in [0.25, 0.3) is 0 Å². The van der Waals surface area contributed by atoms with Gasteiger partial charge in [0.15, 0.2) is 0 Å². The molecule has 3 heteroatoms. The first kappa shape index (κ1) is 11.3. The zero-order valence-corrected chi connectivity index (χ0v) is 9.82. The van der Waals surface area contributed by atoms with Crippen LogP contribution >= 0.6 is 0 Å². The number of benzene rings is 1. The predicted octanol–water partition coefficient (Wildman–Crippen LogP) is 2.08. The largest absolute Gasteiger partial charge is 0.395 e. The highest BCUT2D eigenvalue weighted by molar-refractivity contribution is 5.55. The van der Waals surface area contributed by atoms with Gasteiger partial charge in [0.1, 0.15) is 0 Å². The lowest BCUT2D eigenvalue weighted by Crippen LogP contribution is -2.25. The van der Waals surface area contributed by atoms with Gasteiger partial charge in [0, 0.05) is 30.5 Å². The zero-order valence-electron chi connectivity index (χ0n) is 9.82. The number of aliphatic hydroxyl groups is 1. The Bertz CT molecular complexity index is 319. The molecule has 1 fully saturated rings. The quantitative estimate of drug-likeness (QED) is 0.770. The average Bonchev–Trinajstić information content (AvgIpc) is 3.11. The second-order valence-corrected chi connectivity index (χ2v) is 4.27. The summed E-state index contributed by atoms with van der Waals surface area (Å²) in [5.74, 6) is 0. The Hall–Kier alpha value is -1.22. The van der Waals surface area contributed by atoms with E-state index >= 15 is 0 Å². The smallest absolute Gasteiger partial charge is 0.0606 e. The van der Waals surface area contributed by atoms with E-state index in [1.54, 1.807) is 0 Å². The van der Waals surface area contributed by atoms with E-state index in [0.717, 1.165) is 6.54 Å². The number of nitrogens with one attached hydrogen (secondary N) is 1. The normalized spacial score (nSPS) is 14.9. The average molecular weight is 220 g/mol. The van der Waals surface area contributed by atoms with Gasteiger partial charge in [-0.15, -0.1) is 0 Å². The second-order valence-electron chi connectivity index (χ2n) is 4.27. The molecule has 0 unspecified atom stereocenters. The molecule has 1 aromatic carbocycles. The summed E-state index contributed by atoms with van der Waals surface area (Å²) in [5.41, 5.74) is 2.38. The van der Waals surface area contributed by atoms with Crippen LogP contribution in [0.4, 0.5) is 11.4 Å². The van der Waals surface area contributed by atoms with Crippen LogP contribution in [0.15, 0.2) is 24.3 Å². The third kappa shape index (κ3) is 2.89. The molecule has 0 atom stereocenters. The summed E-state index contributed by atoms with van der Waals surface area (Å²) in [7, 11) is 0. The van der Waals surface area contributed by atoms with Crippen LogP contribution in [0.3, 0.4) is 0 Å². The van der Waals surface area contributed by atoms with E-state index in [2.05, 4.69) is 41.4 Å². The fraction of sp³-hybridized carbons (Fsp3) is 0.538. The molecule has 0 bridgehead atoms. The number of anilines is 2. The highest BCUT2D eigenvalue weighted by atomic mass is 16.3. The fourth-order valence-corrected chi connectivity index (χ4v) is 1.82. The van der Waals surface area contributed by atoms with Crippen molar-refractivity contribution in [3.63, 3.8) is 0 Å². The number of hydrogen-bond acceptors (Lipinski definition) is 3. The van der Waals surface area contributed by atoms with Crippen molar-refractivity contribution in [3.8, 4) is 0 Å². The molecule has 0 aliphatic heterocycles. The van der Waals surface area contributed by atoms with E-state index in [1.165, 1.54) is 24.2 Å². The minimum atomic E-state index is 0.204. The van der Waals surface area contributed by atoms with Crippen molar-refractivity contribution in [2.45, 2.75) is 25.8 Å².